The van der Waals surface area contributed by atoms with Crippen molar-refractivity contribution in [1.29, 1.82) is 0 Å². The predicted octanol–water partition coefficient (Wildman–Crippen LogP) is 4.87. The molecule has 4 aromatic rings. The summed E-state index contributed by atoms with van der Waals surface area (Å²) in [5.41, 5.74) is 1.31. The molecule has 0 aromatic heterocycles. The van der Waals surface area contributed by atoms with E-state index in [2.05, 4.69) is 17.8 Å². The van der Waals surface area contributed by atoms with Crippen LogP contribution >= 0.6 is 0 Å². The van der Waals surface area contributed by atoms with E-state index in [0.29, 0.717) is 16.7 Å². The predicted molar refractivity (Wildman–Crippen MR) is 151 cm³/mol. The number of benzene rings is 4. The average molecular weight is 536 g/mol. The highest BCUT2D eigenvalue weighted by Gasteiger charge is 2.37. The van der Waals surface area contributed by atoms with Gasteiger partial charge in [-0.25, -0.2) is 14.5 Å². The lowest BCUT2D eigenvalue weighted by Gasteiger charge is -2.17. The van der Waals surface area contributed by atoms with Gasteiger partial charge in [-0.15, -0.1) is 19.3 Å². The highest BCUT2D eigenvalue weighted by atomic mass is 16.5. The van der Waals surface area contributed by atoms with E-state index in [0.717, 1.165) is 4.90 Å². The van der Waals surface area contributed by atoms with Crippen LogP contribution in [0, 0.1) is 37.0 Å². The van der Waals surface area contributed by atoms with Crippen LogP contribution in [0.25, 0.3) is 0 Å². The number of ether oxygens (including phenoxy) is 2. The van der Waals surface area contributed by atoms with Gasteiger partial charge in [-0.2, -0.15) is 0 Å². The first-order valence-corrected chi connectivity index (χ1v) is 12.0. The molecule has 0 unspecified atom stereocenters. The van der Waals surface area contributed by atoms with E-state index in [-0.39, 0.29) is 39.4 Å². The van der Waals surface area contributed by atoms with E-state index < -0.39 is 23.8 Å². The molecule has 5 rings (SSSR count). The maximum Gasteiger partial charge on any atom is 0.343 e. The maximum atomic E-state index is 13.3. The smallest absolute Gasteiger partial charge is 0.343 e. The van der Waals surface area contributed by atoms with Gasteiger partial charge in [0.05, 0.1) is 27.9 Å². The first kappa shape index (κ1) is 26.3. The van der Waals surface area contributed by atoms with Crippen LogP contribution in [0.15, 0.2) is 84.9 Å². The summed E-state index contributed by atoms with van der Waals surface area (Å²) >= 11 is 0. The van der Waals surface area contributed by atoms with Crippen LogP contribution in [0.3, 0.4) is 0 Å². The molecule has 0 saturated heterocycles. The Labute approximate surface area is 235 Å². The Morgan fingerprint density at radius 2 is 1.07 bits per heavy atom. The molecule has 0 N–H and O–H groups in total. The van der Waals surface area contributed by atoms with E-state index in [9.17, 15) is 19.2 Å². The van der Waals surface area contributed by atoms with Gasteiger partial charge in [-0.05, 0) is 72.8 Å². The number of carbonyl (C=O) groups is 4. The number of esters is 2. The Hall–Kier alpha value is -6.36. The number of anilines is 1. The number of imide groups is 1. The van der Waals surface area contributed by atoms with E-state index in [1.54, 1.807) is 30.3 Å². The van der Waals surface area contributed by atoms with Gasteiger partial charge in [0.2, 0.25) is 0 Å². The Kier molecular flexibility index (Phi) is 6.91. The Balaban J connectivity index is 1.56. The molecule has 0 atom stereocenters. The SMILES string of the molecule is C#Cc1cccc(OC(=O)c2cc(C(=O)Oc3cccc(C#C)c3)cc(N3C(=O)c4ccc(C#C)cc4C3=O)c2)c1. The number of amides is 2. The number of terminal acetylenes is 3. The van der Waals surface area contributed by atoms with Gasteiger partial charge < -0.3 is 9.47 Å². The zero-order chi connectivity index (χ0) is 29.1. The molecule has 7 nitrogen and oxygen atoms in total. The standard InChI is InChI=1S/C34H17NO6/c1-4-21-9-7-11-27(15-21)40-33(38)24-18-25(34(39)41-28-12-8-10-22(5-2)16-28)20-26(19-24)35-31(36)29-14-13-23(6-3)17-30(29)32(35)37/h1-3,7-20H. The third-order valence-electron chi connectivity index (χ3n) is 6.12. The van der Waals surface area contributed by atoms with Gasteiger partial charge in [-0.1, -0.05) is 29.9 Å². The molecule has 0 spiro atoms. The molecule has 4 aromatic carbocycles. The Morgan fingerprint density at radius 1 is 0.585 bits per heavy atom. The monoisotopic (exact) mass is 535 g/mol. The first-order chi connectivity index (χ1) is 19.8. The van der Waals surface area contributed by atoms with Crippen LogP contribution in [-0.4, -0.2) is 23.8 Å². The molecule has 7 heteroatoms. The van der Waals surface area contributed by atoms with Gasteiger partial charge in [0.1, 0.15) is 11.5 Å². The average Bonchev–Trinajstić information content (AvgIpc) is 3.25. The molecule has 1 aliphatic rings. The van der Waals surface area contributed by atoms with Crippen LogP contribution in [0.1, 0.15) is 58.1 Å². The molecule has 0 bridgehead atoms. The van der Waals surface area contributed by atoms with Gasteiger partial charge >= 0.3 is 11.9 Å². The van der Waals surface area contributed by atoms with Crippen molar-refractivity contribution in [1.82, 2.24) is 0 Å². The summed E-state index contributed by atoms with van der Waals surface area (Å²) in [6.45, 7) is 0. The second-order valence-corrected chi connectivity index (χ2v) is 8.74. The van der Waals surface area contributed by atoms with Crippen LogP contribution in [0.5, 0.6) is 11.5 Å². The summed E-state index contributed by atoms with van der Waals surface area (Å²) in [6, 6.07) is 20.8. The van der Waals surface area contributed by atoms with Crippen molar-refractivity contribution in [3.05, 3.63) is 124 Å². The normalized spacial score (nSPS) is 11.6. The molecular formula is C34H17NO6. The third kappa shape index (κ3) is 5.18. The topological polar surface area (TPSA) is 90.0 Å². The fourth-order valence-electron chi connectivity index (χ4n) is 4.17. The number of fused-ring (bicyclic) bond motifs is 1. The molecule has 0 fully saturated rings. The third-order valence-corrected chi connectivity index (χ3v) is 6.12. The van der Waals surface area contributed by atoms with Crippen molar-refractivity contribution >= 4 is 29.4 Å². The summed E-state index contributed by atoms with van der Waals surface area (Å²) in [5.74, 6) is 4.60. The molecule has 0 saturated carbocycles. The number of carbonyl (C=O) groups excluding carboxylic acids is 4. The molecule has 1 heterocycles. The minimum Gasteiger partial charge on any atom is -0.423 e. The lowest BCUT2D eigenvalue weighted by atomic mass is 10.1. The number of hydrogen-bond donors (Lipinski definition) is 0. The van der Waals surface area contributed by atoms with Crippen molar-refractivity contribution in [2.24, 2.45) is 0 Å². The number of hydrogen-bond acceptors (Lipinski definition) is 6. The van der Waals surface area contributed by atoms with E-state index in [1.807, 2.05) is 0 Å². The van der Waals surface area contributed by atoms with Crippen molar-refractivity contribution in [3.63, 3.8) is 0 Å². The Morgan fingerprint density at radius 3 is 1.59 bits per heavy atom. The first-order valence-electron chi connectivity index (χ1n) is 12.0. The highest BCUT2D eigenvalue weighted by Crippen LogP contribution is 2.31. The lowest BCUT2D eigenvalue weighted by molar-refractivity contribution is 0.0732. The van der Waals surface area contributed by atoms with Gasteiger partial charge in [0, 0.05) is 16.7 Å². The van der Waals surface area contributed by atoms with Crippen LogP contribution in [0.2, 0.25) is 0 Å². The molecule has 1 aliphatic heterocycles. The molecule has 2 amide bonds. The summed E-state index contributed by atoms with van der Waals surface area (Å²) < 4.78 is 10.9. The van der Waals surface area contributed by atoms with E-state index in [1.165, 1.54) is 54.6 Å². The van der Waals surface area contributed by atoms with Crippen molar-refractivity contribution in [2.45, 2.75) is 0 Å². The molecule has 41 heavy (non-hydrogen) atoms. The summed E-state index contributed by atoms with van der Waals surface area (Å²) in [7, 11) is 0. The van der Waals surface area contributed by atoms with Crippen LogP contribution in [-0.2, 0) is 0 Å². The highest BCUT2D eigenvalue weighted by molar-refractivity contribution is 6.34. The van der Waals surface area contributed by atoms with Crippen LogP contribution < -0.4 is 14.4 Å². The summed E-state index contributed by atoms with van der Waals surface area (Å²) in [4.78, 5) is 53.9. The van der Waals surface area contributed by atoms with Crippen molar-refractivity contribution < 1.29 is 28.7 Å². The number of rotatable bonds is 5. The lowest BCUT2D eigenvalue weighted by Crippen LogP contribution is -2.30. The zero-order valence-electron chi connectivity index (χ0n) is 21.2. The van der Waals surface area contributed by atoms with Crippen LogP contribution in [0.4, 0.5) is 5.69 Å². The van der Waals surface area contributed by atoms with Crippen molar-refractivity contribution in [3.8, 4) is 48.5 Å². The molecular weight excluding hydrogens is 518 g/mol. The Bertz CT molecular complexity index is 1830. The largest absolute Gasteiger partial charge is 0.423 e. The maximum absolute atomic E-state index is 13.3. The van der Waals surface area contributed by atoms with E-state index in [4.69, 9.17) is 28.7 Å². The van der Waals surface area contributed by atoms with Gasteiger partial charge in [0.15, 0.2) is 0 Å². The minimum absolute atomic E-state index is 0.0467. The fourth-order valence-corrected chi connectivity index (χ4v) is 4.17. The summed E-state index contributed by atoms with van der Waals surface area (Å²) in [6.07, 6.45) is 16.3. The zero-order valence-corrected chi connectivity index (χ0v) is 21.2. The quantitative estimate of drug-likeness (QED) is 0.157. The second-order valence-electron chi connectivity index (χ2n) is 8.74. The molecule has 194 valence electrons. The molecule has 0 aliphatic carbocycles. The van der Waals surface area contributed by atoms with Crippen molar-refractivity contribution in [2.75, 3.05) is 4.90 Å². The van der Waals surface area contributed by atoms with E-state index >= 15 is 0 Å². The van der Waals surface area contributed by atoms with Gasteiger partial charge in [-0.3, -0.25) is 9.59 Å². The number of nitrogens with zero attached hydrogens (tertiary/aromatic N) is 1. The second kappa shape index (κ2) is 10.8. The van der Waals surface area contributed by atoms with Gasteiger partial charge in [0.25, 0.3) is 11.8 Å². The minimum atomic E-state index is -0.865. The fraction of sp³-hybridized carbons (Fsp3) is 0. The molecule has 0 radical (unpaired) electrons. The summed E-state index contributed by atoms with van der Waals surface area (Å²) in [5, 5.41) is 0.